The summed E-state index contributed by atoms with van der Waals surface area (Å²) in [5.74, 6) is 0. The van der Waals surface area contributed by atoms with Crippen molar-refractivity contribution in [1.29, 1.82) is 5.26 Å². The second-order valence-corrected chi connectivity index (χ2v) is 7.04. The molecule has 1 aromatic rings. The maximum Gasteiger partial charge on any atom is 0.246 e. The number of sulfonamides is 1. The van der Waals surface area contributed by atoms with E-state index in [4.69, 9.17) is 5.26 Å². The van der Waals surface area contributed by atoms with Crippen LogP contribution in [0.5, 0.6) is 0 Å². The van der Waals surface area contributed by atoms with Crippen molar-refractivity contribution in [1.82, 2.24) is 14.2 Å². The van der Waals surface area contributed by atoms with E-state index in [1.54, 1.807) is 6.07 Å². The lowest BCUT2D eigenvalue weighted by molar-refractivity contribution is 0.180. The van der Waals surface area contributed by atoms with Gasteiger partial charge in [-0.1, -0.05) is 0 Å². The van der Waals surface area contributed by atoms with Crippen molar-refractivity contribution in [2.45, 2.75) is 23.8 Å². The summed E-state index contributed by atoms with van der Waals surface area (Å²) in [5, 5.41) is 9.00. The number of hydrogen-bond donors (Lipinski definition) is 0. The Bertz CT molecular complexity index is 641. The van der Waals surface area contributed by atoms with Gasteiger partial charge in [0.2, 0.25) is 10.0 Å². The highest BCUT2D eigenvalue weighted by Gasteiger charge is 2.35. The number of nitriles is 1. The zero-order valence-corrected chi connectivity index (χ0v) is 11.9. The van der Waals surface area contributed by atoms with E-state index in [1.165, 1.54) is 29.4 Å². The molecule has 2 aliphatic rings. The lowest BCUT2D eigenvalue weighted by Crippen LogP contribution is -2.49. The Kier molecular flexibility index (Phi) is 3.46. The van der Waals surface area contributed by atoms with E-state index in [0.717, 1.165) is 13.1 Å². The summed E-state index contributed by atoms with van der Waals surface area (Å²) < 4.78 is 26.6. The first-order chi connectivity index (χ1) is 9.63. The van der Waals surface area contributed by atoms with E-state index in [2.05, 4.69) is 9.88 Å². The molecule has 0 bridgehead atoms. The van der Waals surface area contributed by atoms with Gasteiger partial charge in [-0.25, -0.2) is 13.4 Å². The average molecular weight is 292 g/mol. The van der Waals surface area contributed by atoms with Gasteiger partial charge in [0.15, 0.2) is 5.69 Å². The molecular weight excluding hydrogens is 276 g/mol. The smallest absolute Gasteiger partial charge is 0.246 e. The van der Waals surface area contributed by atoms with Gasteiger partial charge in [0, 0.05) is 38.4 Å². The molecule has 0 radical (unpaired) electrons. The van der Waals surface area contributed by atoms with Gasteiger partial charge in [-0.3, -0.25) is 4.90 Å². The summed E-state index contributed by atoms with van der Waals surface area (Å²) in [6.45, 7) is 2.51. The first-order valence-electron chi connectivity index (χ1n) is 6.72. The highest BCUT2D eigenvalue weighted by Crippen LogP contribution is 2.28. The second-order valence-electron chi connectivity index (χ2n) is 5.13. The van der Waals surface area contributed by atoms with Gasteiger partial charge >= 0.3 is 0 Å². The molecule has 106 valence electrons. The lowest BCUT2D eigenvalue weighted by atomic mass is 10.3. The van der Waals surface area contributed by atoms with Crippen LogP contribution in [-0.2, 0) is 10.0 Å². The molecule has 1 aliphatic carbocycles. The second kappa shape index (κ2) is 5.13. The molecule has 0 N–H and O–H groups in total. The highest BCUT2D eigenvalue weighted by molar-refractivity contribution is 7.89. The van der Waals surface area contributed by atoms with E-state index >= 15 is 0 Å². The van der Waals surface area contributed by atoms with Gasteiger partial charge in [0.1, 0.15) is 11.0 Å². The summed E-state index contributed by atoms with van der Waals surface area (Å²) in [6.07, 6.45) is 3.89. The van der Waals surface area contributed by atoms with Crippen LogP contribution in [0.15, 0.2) is 23.2 Å². The molecule has 1 saturated heterocycles. The number of aromatic nitrogens is 1. The topological polar surface area (TPSA) is 77.3 Å². The van der Waals surface area contributed by atoms with Crippen LogP contribution in [0, 0.1) is 11.3 Å². The first-order valence-corrected chi connectivity index (χ1v) is 8.16. The maximum atomic E-state index is 12.6. The van der Waals surface area contributed by atoms with Gasteiger partial charge in [0.25, 0.3) is 0 Å². The summed E-state index contributed by atoms with van der Waals surface area (Å²) in [7, 11) is -3.61. The average Bonchev–Trinajstić information content (AvgIpc) is 3.32. The minimum Gasteiger partial charge on any atom is -0.298 e. The Balaban J connectivity index is 1.80. The molecule has 0 atom stereocenters. The van der Waals surface area contributed by atoms with Crippen LogP contribution >= 0.6 is 0 Å². The predicted octanol–water partition coefficient (Wildman–Crippen LogP) is 0.422. The molecule has 6 nitrogen and oxygen atoms in total. The van der Waals surface area contributed by atoms with Gasteiger partial charge < -0.3 is 0 Å². The Hall–Kier alpha value is -1.49. The molecule has 0 aromatic carbocycles. The van der Waals surface area contributed by atoms with E-state index in [0.29, 0.717) is 19.1 Å². The fraction of sp³-hybridized carbons (Fsp3) is 0.538. The van der Waals surface area contributed by atoms with E-state index in [-0.39, 0.29) is 10.6 Å². The summed E-state index contributed by atoms with van der Waals surface area (Å²) in [4.78, 5) is 6.20. The highest BCUT2D eigenvalue weighted by atomic mass is 32.2. The minimum absolute atomic E-state index is 0.0161. The van der Waals surface area contributed by atoms with Crippen LogP contribution in [0.4, 0.5) is 0 Å². The van der Waals surface area contributed by atoms with Gasteiger partial charge in [-0.15, -0.1) is 0 Å². The van der Waals surface area contributed by atoms with Crippen LogP contribution in [0.2, 0.25) is 0 Å². The molecule has 1 aromatic heterocycles. The quantitative estimate of drug-likeness (QED) is 0.807. The molecule has 3 rings (SSSR count). The summed E-state index contributed by atoms with van der Waals surface area (Å²) in [5.41, 5.74) is -0.0304. The molecule has 2 heterocycles. The lowest BCUT2D eigenvalue weighted by Gasteiger charge is -2.34. The van der Waals surface area contributed by atoms with Crippen LogP contribution in [0.25, 0.3) is 0 Å². The van der Waals surface area contributed by atoms with Crippen LogP contribution in [-0.4, -0.2) is 54.8 Å². The van der Waals surface area contributed by atoms with Crippen molar-refractivity contribution < 1.29 is 8.42 Å². The van der Waals surface area contributed by atoms with Crippen LogP contribution in [0.1, 0.15) is 18.5 Å². The Morgan fingerprint density at radius 2 is 1.95 bits per heavy atom. The van der Waals surface area contributed by atoms with Gasteiger partial charge in [-0.2, -0.15) is 9.57 Å². The zero-order valence-electron chi connectivity index (χ0n) is 11.1. The number of pyridine rings is 1. The Morgan fingerprint density at radius 1 is 1.25 bits per heavy atom. The van der Waals surface area contributed by atoms with Crippen LogP contribution < -0.4 is 0 Å². The standard InChI is InChI=1S/C13H16N4O2S/c14-10-12-13(2-1-5-15-12)20(18,19)17-8-6-16(7-9-17)11-3-4-11/h1-2,5,11H,3-4,6-9H2. The monoisotopic (exact) mass is 292 g/mol. The van der Waals surface area contributed by atoms with E-state index in [1.807, 2.05) is 6.07 Å². The molecule has 7 heteroatoms. The summed E-state index contributed by atoms with van der Waals surface area (Å²) in [6, 6.07) is 5.51. The van der Waals surface area contributed by atoms with Crippen molar-refractivity contribution in [3.63, 3.8) is 0 Å². The van der Waals surface area contributed by atoms with Gasteiger partial charge in [-0.05, 0) is 25.0 Å². The molecule has 1 saturated carbocycles. The maximum absolute atomic E-state index is 12.6. The third-order valence-corrected chi connectivity index (χ3v) is 5.76. The predicted molar refractivity (Wildman–Crippen MR) is 72.3 cm³/mol. The molecule has 1 aliphatic heterocycles. The molecular formula is C13H16N4O2S. The first kappa shape index (κ1) is 13.5. The SMILES string of the molecule is N#Cc1ncccc1S(=O)(=O)N1CCN(C2CC2)CC1. The fourth-order valence-electron chi connectivity index (χ4n) is 2.57. The number of nitrogens with zero attached hydrogens (tertiary/aromatic N) is 4. The van der Waals surface area contributed by atoms with Crippen molar-refractivity contribution >= 4 is 10.0 Å². The molecule has 20 heavy (non-hydrogen) atoms. The molecule has 0 amide bonds. The zero-order chi connectivity index (χ0) is 14.2. The largest absolute Gasteiger partial charge is 0.298 e. The van der Waals surface area contributed by atoms with Crippen molar-refractivity contribution in [3.05, 3.63) is 24.0 Å². The normalized spacial score (nSPS) is 21.6. The van der Waals surface area contributed by atoms with Gasteiger partial charge in [0.05, 0.1) is 0 Å². The third-order valence-electron chi connectivity index (χ3n) is 3.83. The Labute approximate surface area is 118 Å². The molecule has 0 unspecified atom stereocenters. The molecule has 0 spiro atoms. The van der Waals surface area contributed by atoms with Crippen molar-refractivity contribution in [2.24, 2.45) is 0 Å². The van der Waals surface area contributed by atoms with Crippen LogP contribution in [0.3, 0.4) is 0 Å². The van der Waals surface area contributed by atoms with Crippen molar-refractivity contribution in [3.8, 4) is 6.07 Å². The fourth-order valence-corrected chi connectivity index (χ4v) is 4.09. The summed E-state index contributed by atoms with van der Waals surface area (Å²) >= 11 is 0. The van der Waals surface area contributed by atoms with E-state index in [9.17, 15) is 8.42 Å². The molecule has 2 fully saturated rings. The Morgan fingerprint density at radius 3 is 2.55 bits per heavy atom. The minimum atomic E-state index is -3.61. The van der Waals surface area contributed by atoms with Crippen molar-refractivity contribution in [2.75, 3.05) is 26.2 Å². The number of hydrogen-bond acceptors (Lipinski definition) is 5. The number of piperazine rings is 1. The third kappa shape index (κ3) is 2.42. The number of rotatable bonds is 3. The van der Waals surface area contributed by atoms with E-state index < -0.39 is 10.0 Å².